The second-order valence-electron chi connectivity index (χ2n) is 11.8. The number of hydrogen-bond donors (Lipinski definition) is 1. The molecule has 39 heavy (non-hydrogen) atoms. The van der Waals surface area contributed by atoms with Gasteiger partial charge in [-0.3, -0.25) is 24.5 Å². The number of pyridine rings is 3. The molecule has 0 fully saturated rings. The van der Waals surface area contributed by atoms with E-state index >= 15 is 0 Å². The van der Waals surface area contributed by atoms with E-state index < -0.39 is 13.5 Å². The van der Waals surface area contributed by atoms with Gasteiger partial charge in [-0.15, -0.1) is 0 Å². The van der Waals surface area contributed by atoms with E-state index in [9.17, 15) is 9.59 Å². The molecule has 2 amide bonds. The zero-order chi connectivity index (χ0) is 28.4. The van der Waals surface area contributed by atoms with E-state index in [0.717, 1.165) is 34.1 Å². The molecule has 1 aliphatic rings. The summed E-state index contributed by atoms with van der Waals surface area (Å²) in [5, 5.41) is 2.93. The van der Waals surface area contributed by atoms with Crippen LogP contribution in [0.5, 0.6) is 0 Å². The Bertz CT molecular complexity index is 1340. The largest absolute Gasteiger partial charge is 0.361 e. The van der Waals surface area contributed by atoms with Crippen LogP contribution >= 0.6 is 0 Å². The lowest BCUT2D eigenvalue weighted by Crippen LogP contribution is -2.42. The highest BCUT2D eigenvalue weighted by Gasteiger charge is 2.52. The van der Waals surface area contributed by atoms with Gasteiger partial charge in [0.05, 0.1) is 5.41 Å². The molecule has 3 aromatic rings. The molecule has 0 aromatic carbocycles. The molecular formula is C30H39N5O3Si. The molecule has 3 aromatic heterocycles. The second kappa shape index (κ2) is 11.4. The van der Waals surface area contributed by atoms with Crippen molar-refractivity contribution in [2.45, 2.75) is 71.3 Å². The molecule has 0 unspecified atom stereocenters. The molecule has 8 nitrogen and oxygen atoms in total. The van der Waals surface area contributed by atoms with Crippen LogP contribution in [0, 0.1) is 13.8 Å². The standard InChI is InChI=1S/C30H39N5O3Si/c1-20-15-23(16-21(2)34-20)17-33-28(36)26-11-10-24(18-32-26)22(3)30(4)25-9-8-12-31-27(25)35(29(30)37)19-38-13-14-39(5,6)7/h8-12,15-16,18,22H,13-14,17,19H2,1-7H3,(H,33,36)/t22-,30-/m1/s1. The lowest BCUT2D eigenvalue weighted by molar-refractivity contribution is -0.124. The van der Waals surface area contributed by atoms with E-state index in [1.165, 1.54) is 0 Å². The third-order valence-corrected chi connectivity index (χ3v) is 9.19. The first-order valence-corrected chi connectivity index (χ1v) is 17.1. The van der Waals surface area contributed by atoms with Crippen molar-refractivity contribution in [2.24, 2.45) is 0 Å². The number of rotatable bonds is 10. The predicted molar refractivity (Wildman–Crippen MR) is 156 cm³/mol. The van der Waals surface area contributed by atoms with Gasteiger partial charge in [0.1, 0.15) is 18.2 Å². The van der Waals surface area contributed by atoms with Gasteiger partial charge in [-0.2, -0.15) is 0 Å². The zero-order valence-electron chi connectivity index (χ0n) is 24.0. The van der Waals surface area contributed by atoms with Gasteiger partial charge in [0.15, 0.2) is 0 Å². The number of aromatic nitrogens is 3. The van der Waals surface area contributed by atoms with Gasteiger partial charge in [0.25, 0.3) is 5.91 Å². The fourth-order valence-electron chi connectivity index (χ4n) is 5.01. The Hall–Kier alpha value is -3.43. The number of carbonyl (C=O) groups excluding carboxylic acids is 2. The van der Waals surface area contributed by atoms with Crippen LogP contribution in [0.15, 0.2) is 48.8 Å². The summed E-state index contributed by atoms with van der Waals surface area (Å²) >= 11 is 0. The summed E-state index contributed by atoms with van der Waals surface area (Å²) in [4.78, 5) is 41.6. The van der Waals surface area contributed by atoms with Crippen molar-refractivity contribution < 1.29 is 14.3 Å². The third-order valence-electron chi connectivity index (χ3n) is 7.49. The van der Waals surface area contributed by atoms with Gasteiger partial charge in [-0.25, -0.2) is 4.98 Å². The normalized spacial score (nSPS) is 17.7. The van der Waals surface area contributed by atoms with E-state index in [1.54, 1.807) is 23.4 Å². The van der Waals surface area contributed by atoms with E-state index in [-0.39, 0.29) is 24.5 Å². The van der Waals surface area contributed by atoms with Gasteiger partial charge in [-0.05, 0) is 62.2 Å². The number of hydrogen-bond acceptors (Lipinski definition) is 6. The Kier molecular flexibility index (Phi) is 8.32. The van der Waals surface area contributed by atoms with E-state index in [0.29, 0.717) is 24.7 Å². The van der Waals surface area contributed by atoms with Crippen LogP contribution in [0.1, 0.15) is 58.3 Å². The smallest absolute Gasteiger partial charge is 0.270 e. The number of nitrogens with zero attached hydrogens (tertiary/aromatic N) is 4. The molecule has 0 spiro atoms. The van der Waals surface area contributed by atoms with Gasteiger partial charge in [-0.1, -0.05) is 38.7 Å². The first kappa shape index (κ1) is 28.6. The molecular weight excluding hydrogens is 506 g/mol. The fourth-order valence-corrected chi connectivity index (χ4v) is 5.76. The molecule has 1 aliphatic heterocycles. The first-order valence-electron chi connectivity index (χ1n) is 13.4. The molecule has 206 valence electrons. The average molecular weight is 546 g/mol. The van der Waals surface area contributed by atoms with Gasteiger partial charge < -0.3 is 10.1 Å². The minimum Gasteiger partial charge on any atom is -0.361 e. The molecule has 0 radical (unpaired) electrons. The van der Waals surface area contributed by atoms with Crippen molar-refractivity contribution in [1.29, 1.82) is 0 Å². The summed E-state index contributed by atoms with van der Waals surface area (Å²) in [5.41, 5.74) is 4.07. The van der Waals surface area contributed by atoms with Crippen LogP contribution in [-0.2, 0) is 21.5 Å². The number of nitrogens with one attached hydrogen (secondary N) is 1. The summed E-state index contributed by atoms with van der Waals surface area (Å²) in [6, 6.07) is 12.4. The van der Waals surface area contributed by atoms with E-state index in [1.807, 2.05) is 58.0 Å². The minimum absolute atomic E-state index is 0.0403. The molecule has 2 atom stereocenters. The Morgan fingerprint density at radius 2 is 1.85 bits per heavy atom. The highest BCUT2D eigenvalue weighted by atomic mass is 28.3. The van der Waals surface area contributed by atoms with Crippen molar-refractivity contribution >= 4 is 25.7 Å². The van der Waals surface area contributed by atoms with Crippen molar-refractivity contribution in [3.05, 3.63) is 82.6 Å². The maximum atomic E-state index is 13.9. The van der Waals surface area contributed by atoms with Gasteiger partial charge in [0, 0.05) is 56.5 Å². The monoisotopic (exact) mass is 545 g/mol. The topological polar surface area (TPSA) is 97.3 Å². The SMILES string of the molecule is Cc1cc(CNC(=O)c2ccc([C@@H](C)[C@@]3(C)C(=O)N(COCC[Si](C)(C)C)c4ncccc43)cn2)cc(C)n1. The van der Waals surface area contributed by atoms with Crippen molar-refractivity contribution in [2.75, 3.05) is 18.2 Å². The third kappa shape index (κ3) is 6.25. The van der Waals surface area contributed by atoms with Crippen LogP contribution in [0.2, 0.25) is 25.7 Å². The molecule has 0 aliphatic carbocycles. The Balaban J connectivity index is 1.47. The maximum absolute atomic E-state index is 13.9. The fraction of sp³-hybridized carbons (Fsp3) is 0.433. The van der Waals surface area contributed by atoms with Crippen LogP contribution < -0.4 is 10.2 Å². The number of ether oxygens (including phenoxy) is 1. The van der Waals surface area contributed by atoms with Crippen LogP contribution in [0.25, 0.3) is 0 Å². The number of fused-ring (bicyclic) bond motifs is 1. The van der Waals surface area contributed by atoms with Crippen LogP contribution in [-0.4, -0.2) is 48.2 Å². The molecule has 4 heterocycles. The second-order valence-corrected chi connectivity index (χ2v) is 17.4. The Morgan fingerprint density at radius 1 is 1.13 bits per heavy atom. The highest BCUT2D eigenvalue weighted by molar-refractivity contribution is 6.76. The summed E-state index contributed by atoms with van der Waals surface area (Å²) in [7, 11) is -1.24. The summed E-state index contributed by atoms with van der Waals surface area (Å²) in [6.45, 7) is 16.0. The quantitative estimate of drug-likeness (QED) is 0.280. The van der Waals surface area contributed by atoms with Crippen molar-refractivity contribution in [1.82, 2.24) is 20.3 Å². The summed E-state index contributed by atoms with van der Waals surface area (Å²) in [5.74, 6) is 0.157. The number of amides is 2. The molecule has 4 rings (SSSR count). The lowest BCUT2D eigenvalue weighted by atomic mass is 9.71. The van der Waals surface area contributed by atoms with Crippen molar-refractivity contribution in [3.8, 4) is 0 Å². The Labute approximate surface area is 232 Å². The zero-order valence-corrected chi connectivity index (χ0v) is 25.0. The number of aryl methyl sites for hydroxylation is 2. The Morgan fingerprint density at radius 3 is 2.49 bits per heavy atom. The van der Waals surface area contributed by atoms with Gasteiger partial charge >= 0.3 is 0 Å². The predicted octanol–water partition coefficient (Wildman–Crippen LogP) is 5.14. The maximum Gasteiger partial charge on any atom is 0.270 e. The van der Waals surface area contributed by atoms with Gasteiger partial charge in [0.2, 0.25) is 5.91 Å². The first-order chi connectivity index (χ1) is 18.4. The highest BCUT2D eigenvalue weighted by Crippen LogP contribution is 2.48. The summed E-state index contributed by atoms with van der Waals surface area (Å²) in [6.07, 6.45) is 3.41. The average Bonchev–Trinajstić information content (AvgIpc) is 3.11. The molecule has 0 saturated carbocycles. The number of anilines is 1. The molecule has 0 bridgehead atoms. The van der Waals surface area contributed by atoms with E-state index in [2.05, 4.69) is 39.9 Å². The van der Waals surface area contributed by atoms with Crippen LogP contribution in [0.4, 0.5) is 5.82 Å². The van der Waals surface area contributed by atoms with Crippen molar-refractivity contribution in [3.63, 3.8) is 0 Å². The molecule has 1 N–H and O–H groups in total. The van der Waals surface area contributed by atoms with E-state index in [4.69, 9.17) is 4.74 Å². The lowest BCUT2D eigenvalue weighted by Gasteiger charge is -2.31. The molecule has 9 heteroatoms. The van der Waals surface area contributed by atoms with Crippen LogP contribution in [0.3, 0.4) is 0 Å². The summed E-state index contributed by atoms with van der Waals surface area (Å²) < 4.78 is 5.95. The number of carbonyl (C=O) groups is 2. The molecule has 0 saturated heterocycles. The minimum atomic E-state index is -1.24.